The Hall–Kier alpha value is -1.59. The van der Waals surface area contributed by atoms with Gasteiger partial charge in [-0.1, -0.05) is 0 Å². The first kappa shape index (κ1) is 14.8. The van der Waals surface area contributed by atoms with Crippen molar-refractivity contribution in [3.05, 3.63) is 23.8 Å². The van der Waals surface area contributed by atoms with Crippen LogP contribution in [0.15, 0.2) is 18.2 Å². The third-order valence-electron chi connectivity index (χ3n) is 3.10. The lowest BCUT2D eigenvalue weighted by molar-refractivity contribution is 0.112. The third kappa shape index (κ3) is 4.83. The average Bonchev–Trinajstić information content (AvgIpc) is 2.49. The molecule has 0 aromatic heterocycles. The Balaban J connectivity index is 2.01. The van der Waals surface area contributed by atoms with Crippen molar-refractivity contribution < 1.29 is 14.3 Å². The molecule has 0 amide bonds. The third-order valence-corrected chi connectivity index (χ3v) is 3.10. The van der Waals surface area contributed by atoms with Gasteiger partial charge in [-0.15, -0.1) is 0 Å². The summed E-state index contributed by atoms with van der Waals surface area (Å²) in [6.45, 7) is 4.73. The first-order valence-electron chi connectivity index (χ1n) is 7.14. The smallest absolute Gasteiger partial charge is 0.150 e. The standard InChI is InChI=1S/C15H22N2O3/c18-12-13-3-4-15-14(11-13)17-6-1-5-16-7-10-19-8-2-9-20-15/h3-4,11-12,16-17H,1-2,5-10H2. The average molecular weight is 278 g/mol. The molecule has 20 heavy (non-hydrogen) atoms. The molecule has 0 bridgehead atoms. The zero-order valence-corrected chi connectivity index (χ0v) is 11.7. The van der Waals surface area contributed by atoms with Gasteiger partial charge in [0.1, 0.15) is 12.0 Å². The number of carbonyl (C=O) groups is 1. The minimum Gasteiger partial charge on any atom is -0.491 e. The first-order chi connectivity index (χ1) is 9.90. The van der Waals surface area contributed by atoms with Crippen LogP contribution in [-0.2, 0) is 4.74 Å². The molecule has 0 saturated carbocycles. The summed E-state index contributed by atoms with van der Waals surface area (Å²) in [5, 5.41) is 6.67. The molecule has 0 saturated heterocycles. The van der Waals surface area contributed by atoms with Gasteiger partial charge in [-0.25, -0.2) is 0 Å². The van der Waals surface area contributed by atoms with Gasteiger partial charge in [0.25, 0.3) is 0 Å². The fraction of sp³-hybridized carbons (Fsp3) is 0.533. The van der Waals surface area contributed by atoms with Crippen molar-refractivity contribution >= 4 is 12.0 Å². The van der Waals surface area contributed by atoms with Crippen LogP contribution in [0.3, 0.4) is 0 Å². The van der Waals surface area contributed by atoms with E-state index in [-0.39, 0.29) is 0 Å². The predicted octanol–water partition coefficient (Wildman–Crippen LogP) is 1.69. The Morgan fingerprint density at radius 1 is 1.05 bits per heavy atom. The van der Waals surface area contributed by atoms with E-state index in [2.05, 4.69) is 10.6 Å². The van der Waals surface area contributed by atoms with Gasteiger partial charge in [0, 0.05) is 31.7 Å². The van der Waals surface area contributed by atoms with E-state index in [0.29, 0.717) is 18.8 Å². The summed E-state index contributed by atoms with van der Waals surface area (Å²) in [7, 11) is 0. The molecule has 1 heterocycles. The van der Waals surface area contributed by atoms with Crippen molar-refractivity contribution in [1.29, 1.82) is 0 Å². The van der Waals surface area contributed by atoms with Gasteiger partial charge >= 0.3 is 0 Å². The molecular formula is C15H22N2O3. The maximum absolute atomic E-state index is 10.9. The molecule has 1 aromatic carbocycles. The number of hydrogen-bond acceptors (Lipinski definition) is 5. The highest BCUT2D eigenvalue weighted by molar-refractivity contribution is 5.78. The minimum atomic E-state index is 0.614. The fourth-order valence-corrected chi connectivity index (χ4v) is 2.04. The summed E-state index contributed by atoms with van der Waals surface area (Å²) in [4.78, 5) is 10.9. The molecule has 1 aromatic rings. The number of anilines is 1. The van der Waals surface area contributed by atoms with E-state index >= 15 is 0 Å². The molecule has 1 aliphatic rings. The highest BCUT2D eigenvalue weighted by Crippen LogP contribution is 2.25. The van der Waals surface area contributed by atoms with Crippen molar-refractivity contribution in [3.63, 3.8) is 0 Å². The van der Waals surface area contributed by atoms with Crippen LogP contribution in [0.4, 0.5) is 5.69 Å². The van der Waals surface area contributed by atoms with E-state index in [1.165, 1.54) is 0 Å². The van der Waals surface area contributed by atoms with E-state index in [9.17, 15) is 4.79 Å². The van der Waals surface area contributed by atoms with Gasteiger partial charge in [0.15, 0.2) is 0 Å². The van der Waals surface area contributed by atoms with Gasteiger partial charge < -0.3 is 20.1 Å². The summed E-state index contributed by atoms with van der Waals surface area (Å²) in [5.74, 6) is 0.792. The Kier molecular flexibility index (Phi) is 6.34. The summed E-state index contributed by atoms with van der Waals surface area (Å²) < 4.78 is 11.3. The van der Waals surface area contributed by atoms with Crippen molar-refractivity contribution in [3.8, 4) is 5.75 Å². The molecule has 5 nitrogen and oxygen atoms in total. The molecule has 1 aliphatic heterocycles. The summed E-state index contributed by atoms with van der Waals surface area (Å²) >= 11 is 0. The topological polar surface area (TPSA) is 59.6 Å². The number of benzene rings is 1. The lowest BCUT2D eigenvalue weighted by Gasteiger charge is -2.15. The Morgan fingerprint density at radius 3 is 2.90 bits per heavy atom. The van der Waals surface area contributed by atoms with Crippen molar-refractivity contribution in [2.75, 3.05) is 44.8 Å². The van der Waals surface area contributed by atoms with E-state index in [0.717, 1.165) is 56.8 Å². The summed E-state index contributed by atoms with van der Waals surface area (Å²) in [6.07, 6.45) is 2.71. The summed E-state index contributed by atoms with van der Waals surface area (Å²) in [5.41, 5.74) is 1.54. The van der Waals surface area contributed by atoms with E-state index < -0.39 is 0 Å². The summed E-state index contributed by atoms with van der Waals surface area (Å²) in [6, 6.07) is 5.45. The molecule has 0 atom stereocenters. The lowest BCUT2D eigenvalue weighted by atomic mass is 10.2. The molecule has 0 radical (unpaired) electrons. The Labute approximate surface area is 119 Å². The Morgan fingerprint density at radius 2 is 2.00 bits per heavy atom. The van der Waals surface area contributed by atoms with Crippen LogP contribution in [0.1, 0.15) is 23.2 Å². The minimum absolute atomic E-state index is 0.614. The van der Waals surface area contributed by atoms with Crippen molar-refractivity contribution in [2.45, 2.75) is 12.8 Å². The van der Waals surface area contributed by atoms with E-state index in [4.69, 9.17) is 9.47 Å². The molecule has 0 spiro atoms. The fourth-order valence-electron chi connectivity index (χ4n) is 2.04. The SMILES string of the molecule is O=Cc1ccc2c(c1)NCCCNCCOCCCO2. The van der Waals surface area contributed by atoms with Crippen LogP contribution in [0.5, 0.6) is 5.75 Å². The van der Waals surface area contributed by atoms with Crippen LogP contribution in [0.2, 0.25) is 0 Å². The Bertz CT molecular complexity index is 424. The predicted molar refractivity (Wildman–Crippen MR) is 78.7 cm³/mol. The number of fused-ring (bicyclic) bond motifs is 1. The number of hydrogen-bond donors (Lipinski definition) is 2. The molecule has 5 heteroatoms. The second kappa shape index (κ2) is 8.55. The second-order valence-electron chi connectivity index (χ2n) is 4.72. The van der Waals surface area contributed by atoms with Crippen LogP contribution in [-0.4, -0.2) is 45.7 Å². The molecule has 0 aliphatic carbocycles. The van der Waals surface area contributed by atoms with Gasteiger partial charge in [-0.3, -0.25) is 4.79 Å². The van der Waals surface area contributed by atoms with Gasteiger partial charge in [-0.05, 0) is 31.2 Å². The molecule has 0 unspecified atom stereocenters. The molecular weight excluding hydrogens is 256 g/mol. The van der Waals surface area contributed by atoms with Gasteiger partial charge in [0.2, 0.25) is 0 Å². The maximum Gasteiger partial charge on any atom is 0.150 e. The largest absolute Gasteiger partial charge is 0.491 e. The van der Waals surface area contributed by atoms with Crippen LogP contribution < -0.4 is 15.4 Å². The zero-order chi connectivity index (χ0) is 14.0. The van der Waals surface area contributed by atoms with Crippen molar-refractivity contribution in [2.24, 2.45) is 0 Å². The van der Waals surface area contributed by atoms with Crippen LogP contribution >= 0.6 is 0 Å². The first-order valence-corrected chi connectivity index (χ1v) is 7.14. The zero-order valence-electron chi connectivity index (χ0n) is 11.7. The maximum atomic E-state index is 10.9. The molecule has 2 N–H and O–H groups in total. The van der Waals surface area contributed by atoms with Crippen LogP contribution in [0, 0.1) is 0 Å². The second-order valence-corrected chi connectivity index (χ2v) is 4.72. The van der Waals surface area contributed by atoms with Crippen molar-refractivity contribution in [1.82, 2.24) is 5.32 Å². The van der Waals surface area contributed by atoms with Gasteiger partial charge in [0.05, 0.1) is 18.9 Å². The molecule has 0 fully saturated rings. The quantitative estimate of drug-likeness (QED) is 0.766. The van der Waals surface area contributed by atoms with E-state index in [1.54, 1.807) is 6.07 Å². The molecule has 110 valence electrons. The number of carbonyl (C=O) groups excluding carboxylic acids is 1. The monoisotopic (exact) mass is 278 g/mol. The molecule has 2 rings (SSSR count). The number of rotatable bonds is 1. The number of aldehydes is 1. The lowest BCUT2D eigenvalue weighted by Crippen LogP contribution is -2.23. The normalized spacial score (nSPS) is 18.0. The highest BCUT2D eigenvalue weighted by Gasteiger charge is 2.05. The van der Waals surface area contributed by atoms with Gasteiger partial charge in [-0.2, -0.15) is 0 Å². The van der Waals surface area contributed by atoms with Crippen LogP contribution in [0.25, 0.3) is 0 Å². The highest BCUT2D eigenvalue weighted by atomic mass is 16.5. The number of nitrogens with one attached hydrogen (secondary N) is 2. The van der Waals surface area contributed by atoms with E-state index in [1.807, 2.05) is 12.1 Å². The number of ether oxygens (including phenoxy) is 2.